The van der Waals surface area contributed by atoms with Gasteiger partial charge in [-0.25, -0.2) is 0 Å². The van der Waals surface area contributed by atoms with E-state index in [-0.39, 0.29) is 5.97 Å². The van der Waals surface area contributed by atoms with Crippen LogP contribution < -0.4 is 0 Å². The molecule has 0 amide bonds. The fourth-order valence-electron chi connectivity index (χ4n) is 2.06. The summed E-state index contributed by atoms with van der Waals surface area (Å²) >= 11 is 0. The number of aryl methyl sites for hydroxylation is 2. The van der Waals surface area contributed by atoms with E-state index in [1.807, 2.05) is 6.07 Å². The monoisotopic (exact) mass is 219 g/mol. The first-order valence-electron chi connectivity index (χ1n) is 5.87. The molecule has 3 heteroatoms. The number of carbonyl (C=O) groups is 1. The predicted molar refractivity (Wildman–Crippen MR) is 61.0 cm³/mol. The molecule has 0 fully saturated rings. The van der Waals surface area contributed by atoms with E-state index in [0.29, 0.717) is 6.61 Å². The molecule has 0 atom stereocenters. The Morgan fingerprint density at radius 3 is 2.94 bits per heavy atom. The zero-order chi connectivity index (χ0) is 11.4. The maximum absolute atomic E-state index is 10.7. The number of nitrogens with zero attached hydrogens (tertiary/aromatic N) is 1. The SMILES string of the molecule is CC(=O)OCc1ccc2c(n1)CCCCC2. The average Bonchev–Trinajstić information content (AvgIpc) is 2.50. The van der Waals surface area contributed by atoms with Crippen LogP contribution >= 0.6 is 0 Å². The molecular formula is C13H17NO2. The number of aromatic nitrogens is 1. The van der Waals surface area contributed by atoms with Gasteiger partial charge in [-0.2, -0.15) is 0 Å². The lowest BCUT2D eigenvalue weighted by molar-refractivity contribution is -0.142. The van der Waals surface area contributed by atoms with Gasteiger partial charge >= 0.3 is 5.97 Å². The molecule has 1 aliphatic rings. The molecule has 1 aliphatic carbocycles. The number of rotatable bonds is 2. The minimum absolute atomic E-state index is 0.253. The van der Waals surface area contributed by atoms with Crippen LogP contribution in [0.4, 0.5) is 0 Å². The highest BCUT2D eigenvalue weighted by Crippen LogP contribution is 2.19. The summed E-state index contributed by atoms with van der Waals surface area (Å²) < 4.78 is 4.95. The number of pyridine rings is 1. The van der Waals surface area contributed by atoms with Gasteiger partial charge in [-0.15, -0.1) is 0 Å². The van der Waals surface area contributed by atoms with Gasteiger partial charge in [0.2, 0.25) is 0 Å². The summed E-state index contributed by atoms with van der Waals surface area (Å²) in [5, 5.41) is 0. The first-order chi connectivity index (χ1) is 7.75. The highest BCUT2D eigenvalue weighted by Gasteiger charge is 2.10. The molecule has 16 heavy (non-hydrogen) atoms. The number of esters is 1. The van der Waals surface area contributed by atoms with Crippen LogP contribution in [0.2, 0.25) is 0 Å². The van der Waals surface area contributed by atoms with Gasteiger partial charge in [0.25, 0.3) is 0 Å². The van der Waals surface area contributed by atoms with Crippen LogP contribution in [0.5, 0.6) is 0 Å². The van der Waals surface area contributed by atoms with Crippen molar-refractivity contribution in [1.82, 2.24) is 4.98 Å². The van der Waals surface area contributed by atoms with E-state index in [2.05, 4.69) is 11.1 Å². The zero-order valence-corrected chi connectivity index (χ0v) is 9.66. The maximum atomic E-state index is 10.7. The number of hydrogen-bond donors (Lipinski definition) is 0. The zero-order valence-electron chi connectivity index (χ0n) is 9.66. The molecule has 0 unspecified atom stereocenters. The standard InChI is InChI=1S/C13H17NO2/c1-10(15)16-9-12-8-7-11-5-3-2-4-6-13(11)14-12/h7-8H,2-6,9H2,1H3. The van der Waals surface area contributed by atoms with Gasteiger partial charge < -0.3 is 4.74 Å². The minimum Gasteiger partial charge on any atom is -0.459 e. The van der Waals surface area contributed by atoms with Crippen molar-refractivity contribution in [2.75, 3.05) is 0 Å². The lowest BCUT2D eigenvalue weighted by Gasteiger charge is -2.07. The Hall–Kier alpha value is -1.38. The predicted octanol–water partition coefficient (Wildman–Crippen LogP) is 2.41. The van der Waals surface area contributed by atoms with Crippen LogP contribution in [0.1, 0.15) is 43.1 Å². The molecule has 0 radical (unpaired) electrons. The lowest BCUT2D eigenvalue weighted by Crippen LogP contribution is -2.04. The Balaban J connectivity index is 2.11. The normalized spacial score (nSPS) is 15.1. The van der Waals surface area contributed by atoms with Crippen molar-refractivity contribution in [3.63, 3.8) is 0 Å². The van der Waals surface area contributed by atoms with Gasteiger partial charge in [-0.05, 0) is 37.3 Å². The Kier molecular flexibility index (Phi) is 3.54. The van der Waals surface area contributed by atoms with Crippen LogP contribution in [0.3, 0.4) is 0 Å². The molecule has 1 heterocycles. The Morgan fingerprint density at radius 1 is 1.31 bits per heavy atom. The topological polar surface area (TPSA) is 39.2 Å². The Bertz CT molecular complexity index is 388. The van der Waals surface area contributed by atoms with E-state index in [9.17, 15) is 4.79 Å². The van der Waals surface area contributed by atoms with Gasteiger partial charge in [-0.1, -0.05) is 12.5 Å². The summed E-state index contributed by atoms with van der Waals surface area (Å²) in [4.78, 5) is 15.3. The van der Waals surface area contributed by atoms with Crippen molar-refractivity contribution >= 4 is 5.97 Å². The second-order valence-electron chi connectivity index (χ2n) is 4.25. The number of hydrogen-bond acceptors (Lipinski definition) is 3. The number of ether oxygens (including phenoxy) is 1. The average molecular weight is 219 g/mol. The lowest BCUT2D eigenvalue weighted by atomic mass is 10.1. The molecule has 0 N–H and O–H groups in total. The maximum Gasteiger partial charge on any atom is 0.303 e. The Labute approximate surface area is 95.8 Å². The highest BCUT2D eigenvalue weighted by molar-refractivity contribution is 5.65. The largest absolute Gasteiger partial charge is 0.459 e. The van der Waals surface area contributed by atoms with Crippen molar-refractivity contribution in [3.8, 4) is 0 Å². The molecule has 0 aromatic carbocycles. The minimum atomic E-state index is -0.253. The van der Waals surface area contributed by atoms with Crippen LogP contribution in [0.15, 0.2) is 12.1 Å². The molecule has 86 valence electrons. The molecule has 0 aliphatic heterocycles. The molecule has 0 saturated heterocycles. The molecule has 3 nitrogen and oxygen atoms in total. The van der Waals surface area contributed by atoms with Crippen molar-refractivity contribution in [2.45, 2.75) is 45.6 Å². The molecule has 2 rings (SSSR count). The van der Waals surface area contributed by atoms with Crippen LogP contribution in [-0.2, 0) is 29.0 Å². The molecule has 1 aromatic rings. The molecule has 1 aromatic heterocycles. The summed E-state index contributed by atoms with van der Waals surface area (Å²) in [7, 11) is 0. The highest BCUT2D eigenvalue weighted by atomic mass is 16.5. The fourth-order valence-corrected chi connectivity index (χ4v) is 2.06. The number of fused-ring (bicyclic) bond motifs is 1. The van der Waals surface area contributed by atoms with Gasteiger partial charge in [0, 0.05) is 12.6 Å². The summed E-state index contributed by atoms with van der Waals surface area (Å²) in [5.74, 6) is -0.253. The van der Waals surface area contributed by atoms with Crippen LogP contribution in [0, 0.1) is 0 Å². The van der Waals surface area contributed by atoms with Crippen LogP contribution in [0.25, 0.3) is 0 Å². The van der Waals surface area contributed by atoms with Gasteiger partial charge in [0.1, 0.15) is 6.61 Å². The van der Waals surface area contributed by atoms with Gasteiger partial charge in [0.15, 0.2) is 0 Å². The van der Waals surface area contributed by atoms with E-state index in [1.54, 1.807) is 0 Å². The summed E-state index contributed by atoms with van der Waals surface area (Å²) in [6, 6.07) is 4.10. The third kappa shape index (κ3) is 2.81. The van der Waals surface area contributed by atoms with Crippen molar-refractivity contribution in [1.29, 1.82) is 0 Å². The summed E-state index contributed by atoms with van der Waals surface area (Å²) in [6.45, 7) is 1.71. The molecule has 0 saturated carbocycles. The first-order valence-corrected chi connectivity index (χ1v) is 5.87. The van der Waals surface area contributed by atoms with E-state index in [4.69, 9.17) is 4.74 Å². The second kappa shape index (κ2) is 5.10. The van der Waals surface area contributed by atoms with Crippen LogP contribution in [-0.4, -0.2) is 11.0 Å². The van der Waals surface area contributed by atoms with E-state index in [0.717, 1.165) is 18.5 Å². The van der Waals surface area contributed by atoms with Crippen molar-refractivity contribution < 1.29 is 9.53 Å². The Morgan fingerprint density at radius 2 is 2.12 bits per heavy atom. The third-order valence-corrected chi connectivity index (χ3v) is 2.91. The first kappa shape index (κ1) is 11.1. The van der Waals surface area contributed by atoms with E-state index in [1.165, 1.54) is 37.4 Å². The van der Waals surface area contributed by atoms with Crippen molar-refractivity contribution in [2.24, 2.45) is 0 Å². The summed E-state index contributed by atoms with van der Waals surface area (Å²) in [5.41, 5.74) is 3.42. The quantitative estimate of drug-likeness (QED) is 0.566. The van der Waals surface area contributed by atoms with Gasteiger partial charge in [-0.3, -0.25) is 9.78 Å². The second-order valence-corrected chi connectivity index (χ2v) is 4.25. The van der Waals surface area contributed by atoms with Gasteiger partial charge in [0.05, 0.1) is 5.69 Å². The molecule has 0 bridgehead atoms. The molecule has 0 spiro atoms. The van der Waals surface area contributed by atoms with Crippen molar-refractivity contribution in [3.05, 3.63) is 29.1 Å². The van der Waals surface area contributed by atoms with E-state index >= 15 is 0 Å². The molecular weight excluding hydrogens is 202 g/mol. The summed E-state index contributed by atoms with van der Waals surface area (Å²) in [6.07, 6.45) is 5.96. The fraction of sp³-hybridized carbons (Fsp3) is 0.538. The van der Waals surface area contributed by atoms with E-state index < -0.39 is 0 Å². The smallest absolute Gasteiger partial charge is 0.303 e. The number of carbonyl (C=O) groups excluding carboxylic acids is 1. The third-order valence-electron chi connectivity index (χ3n) is 2.91.